The van der Waals surface area contributed by atoms with E-state index < -0.39 is 15.9 Å². The van der Waals surface area contributed by atoms with Crippen LogP contribution in [0.3, 0.4) is 0 Å². The molecule has 1 aliphatic heterocycles. The summed E-state index contributed by atoms with van der Waals surface area (Å²) in [6.45, 7) is 4.62. The first-order valence-corrected chi connectivity index (χ1v) is 11.4. The van der Waals surface area contributed by atoms with Crippen molar-refractivity contribution in [3.05, 3.63) is 48.0 Å². The average Bonchev–Trinajstić information content (AvgIpc) is 2.76. The summed E-state index contributed by atoms with van der Waals surface area (Å²) in [4.78, 5) is 12.7. The number of anilines is 1. The fourth-order valence-corrected chi connectivity index (χ4v) is 4.44. The number of rotatable bonds is 8. The Kier molecular flexibility index (Phi) is 7.15. The van der Waals surface area contributed by atoms with Gasteiger partial charge in [-0.2, -0.15) is 9.57 Å². The van der Waals surface area contributed by atoms with Crippen molar-refractivity contribution in [1.29, 1.82) is 5.26 Å². The molecule has 0 fully saturated rings. The van der Waals surface area contributed by atoms with Gasteiger partial charge in [0.25, 0.3) is 0 Å². The third kappa shape index (κ3) is 5.75. The van der Waals surface area contributed by atoms with Gasteiger partial charge in [0.2, 0.25) is 15.9 Å². The quantitative estimate of drug-likeness (QED) is 0.672. The van der Waals surface area contributed by atoms with Crippen molar-refractivity contribution >= 4 is 21.6 Å². The van der Waals surface area contributed by atoms with Gasteiger partial charge in [-0.3, -0.25) is 4.79 Å². The normalized spacial score (nSPS) is 13.1. The lowest BCUT2D eigenvalue weighted by Crippen LogP contribution is -2.39. The van der Waals surface area contributed by atoms with Gasteiger partial charge in [0.15, 0.2) is 11.5 Å². The Hall–Kier alpha value is -3.09. The summed E-state index contributed by atoms with van der Waals surface area (Å²) in [6.07, 6.45) is 0.605. The van der Waals surface area contributed by atoms with Crippen LogP contribution in [0, 0.1) is 17.2 Å². The van der Waals surface area contributed by atoms with E-state index in [0.717, 1.165) is 0 Å². The topological polar surface area (TPSA) is 109 Å². The van der Waals surface area contributed by atoms with Crippen LogP contribution in [-0.4, -0.2) is 44.9 Å². The number of nitrogens with one attached hydrogen (secondary N) is 1. The second-order valence-electron chi connectivity index (χ2n) is 7.56. The Morgan fingerprint density at radius 1 is 1.13 bits per heavy atom. The third-order valence-electron chi connectivity index (χ3n) is 4.72. The molecule has 1 aliphatic rings. The molecule has 164 valence electrons. The van der Waals surface area contributed by atoms with Crippen molar-refractivity contribution in [2.45, 2.75) is 25.2 Å². The third-order valence-corrected chi connectivity index (χ3v) is 6.57. The van der Waals surface area contributed by atoms with Crippen molar-refractivity contribution in [2.75, 3.05) is 31.6 Å². The van der Waals surface area contributed by atoms with Crippen molar-refractivity contribution in [3.63, 3.8) is 0 Å². The first-order chi connectivity index (χ1) is 14.8. The van der Waals surface area contributed by atoms with E-state index in [-0.39, 0.29) is 23.9 Å². The molecular formula is C22H25N3O5S. The molecule has 0 radical (unpaired) electrons. The lowest BCUT2D eigenvalue weighted by molar-refractivity contribution is -0.116. The highest BCUT2D eigenvalue weighted by Gasteiger charge is 2.28. The maximum atomic E-state index is 13.3. The monoisotopic (exact) mass is 443 g/mol. The molecule has 0 aliphatic carbocycles. The molecule has 0 saturated carbocycles. The van der Waals surface area contributed by atoms with Crippen molar-refractivity contribution in [3.8, 4) is 17.6 Å². The maximum Gasteiger partial charge on any atom is 0.243 e. The average molecular weight is 444 g/mol. The van der Waals surface area contributed by atoms with Gasteiger partial charge in [0.05, 0.1) is 23.1 Å². The van der Waals surface area contributed by atoms with Crippen LogP contribution in [0.1, 0.15) is 25.8 Å². The molecule has 0 unspecified atom stereocenters. The molecule has 0 atom stereocenters. The molecule has 3 rings (SSSR count). The number of hydrogen-bond donors (Lipinski definition) is 1. The van der Waals surface area contributed by atoms with E-state index in [1.165, 1.54) is 16.4 Å². The number of sulfonamides is 1. The van der Waals surface area contributed by atoms with Crippen LogP contribution >= 0.6 is 0 Å². The van der Waals surface area contributed by atoms with Gasteiger partial charge in [-0.1, -0.05) is 13.8 Å². The number of carbonyl (C=O) groups excluding carboxylic acids is 1. The summed E-state index contributed by atoms with van der Waals surface area (Å²) in [5.41, 5.74) is 0.960. The Morgan fingerprint density at radius 3 is 2.45 bits per heavy atom. The zero-order valence-corrected chi connectivity index (χ0v) is 18.3. The summed E-state index contributed by atoms with van der Waals surface area (Å²) < 4.78 is 38.8. The molecule has 9 heteroatoms. The minimum atomic E-state index is -3.93. The van der Waals surface area contributed by atoms with E-state index >= 15 is 0 Å². The molecule has 8 nitrogen and oxygen atoms in total. The van der Waals surface area contributed by atoms with Gasteiger partial charge in [0, 0.05) is 18.3 Å². The standard InChI is InChI=1S/C22H25N3O5S/c1-16(2)9-10-25(15-22(26)24-18-5-3-17(14-23)4-6-18)31(27,28)19-7-8-20-21(13-19)30-12-11-29-20/h3-8,13,16H,9-12,15H2,1-2H3,(H,24,26). The molecule has 1 N–H and O–H groups in total. The number of fused-ring (bicyclic) bond motifs is 1. The fourth-order valence-electron chi connectivity index (χ4n) is 3.01. The highest BCUT2D eigenvalue weighted by molar-refractivity contribution is 7.89. The number of carbonyl (C=O) groups is 1. The molecule has 0 saturated heterocycles. The predicted octanol–water partition coefficient (Wildman–Crippen LogP) is 3.00. The predicted molar refractivity (Wildman–Crippen MR) is 115 cm³/mol. The van der Waals surface area contributed by atoms with Gasteiger partial charge in [-0.05, 0) is 48.7 Å². The molecule has 1 heterocycles. The molecule has 2 aromatic rings. The zero-order valence-electron chi connectivity index (χ0n) is 17.5. The highest BCUT2D eigenvalue weighted by atomic mass is 32.2. The first-order valence-electron chi connectivity index (χ1n) is 9.99. The van der Waals surface area contributed by atoms with E-state index in [9.17, 15) is 13.2 Å². The molecule has 0 spiro atoms. The first kappa shape index (κ1) is 22.6. The molecule has 0 bridgehead atoms. The maximum absolute atomic E-state index is 13.3. The van der Waals surface area contributed by atoms with Crippen molar-refractivity contribution < 1.29 is 22.7 Å². The molecule has 2 aromatic carbocycles. The number of nitriles is 1. The van der Waals surface area contributed by atoms with E-state index in [1.54, 1.807) is 30.3 Å². The van der Waals surface area contributed by atoms with Gasteiger partial charge in [-0.15, -0.1) is 0 Å². The van der Waals surface area contributed by atoms with Crippen LogP contribution in [0.25, 0.3) is 0 Å². The number of ether oxygens (including phenoxy) is 2. The Bertz CT molecular complexity index is 1080. The molecular weight excluding hydrogens is 418 g/mol. The summed E-state index contributed by atoms with van der Waals surface area (Å²) >= 11 is 0. The van der Waals surface area contributed by atoms with Crippen molar-refractivity contribution in [1.82, 2.24) is 4.31 Å². The lowest BCUT2D eigenvalue weighted by atomic mass is 10.1. The zero-order chi connectivity index (χ0) is 22.4. The summed E-state index contributed by atoms with van der Waals surface area (Å²) in [6, 6.07) is 12.8. The van der Waals surface area contributed by atoms with Crippen LogP contribution < -0.4 is 14.8 Å². The van der Waals surface area contributed by atoms with Crippen LogP contribution in [0.15, 0.2) is 47.4 Å². The van der Waals surface area contributed by atoms with Crippen LogP contribution in [0.2, 0.25) is 0 Å². The second-order valence-corrected chi connectivity index (χ2v) is 9.50. The second kappa shape index (κ2) is 9.81. The van der Waals surface area contributed by atoms with Crippen LogP contribution in [-0.2, 0) is 14.8 Å². The van der Waals surface area contributed by atoms with Gasteiger partial charge < -0.3 is 14.8 Å². The van der Waals surface area contributed by atoms with Gasteiger partial charge in [0.1, 0.15) is 13.2 Å². The SMILES string of the molecule is CC(C)CCN(CC(=O)Nc1ccc(C#N)cc1)S(=O)(=O)c1ccc2c(c1)OCCO2. The van der Waals surface area contributed by atoms with E-state index in [0.29, 0.717) is 42.4 Å². The largest absolute Gasteiger partial charge is 0.486 e. The number of amides is 1. The minimum absolute atomic E-state index is 0.0479. The smallest absolute Gasteiger partial charge is 0.243 e. The van der Waals surface area contributed by atoms with Crippen LogP contribution in [0.5, 0.6) is 11.5 Å². The number of nitrogens with zero attached hydrogens (tertiary/aromatic N) is 2. The molecule has 0 aromatic heterocycles. The highest BCUT2D eigenvalue weighted by Crippen LogP contribution is 2.33. The van der Waals surface area contributed by atoms with Crippen molar-refractivity contribution in [2.24, 2.45) is 5.92 Å². The summed E-state index contributed by atoms with van der Waals surface area (Å²) in [5, 5.41) is 11.6. The van der Waals surface area contributed by atoms with E-state index in [4.69, 9.17) is 14.7 Å². The summed E-state index contributed by atoms with van der Waals surface area (Å²) in [7, 11) is -3.93. The molecule has 1 amide bonds. The minimum Gasteiger partial charge on any atom is -0.486 e. The lowest BCUT2D eigenvalue weighted by Gasteiger charge is -2.24. The number of hydrogen-bond acceptors (Lipinski definition) is 6. The Morgan fingerprint density at radius 2 is 1.81 bits per heavy atom. The Balaban J connectivity index is 1.80. The van der Waals surface area contributed by atoms with Gasteiger partial charge in [-0.25, -0.2) is 8.42 Å². The van der Waals surface area contributed by atoms with Crippen LogP contribution in [0.4, 0.5) is 5.69 Å². The molecule has 31 heavy (non-hydrogen) atoms. The van der Waals surface area contributed by atoms with E-state index in [2.05, 4.69) is 5.32 Å². The van der Waals surface area contributed by atoms with E-state index in [1.807, 2.05) is 19.9 Å². The fraction of sp³-hybridized carbons (Fsp3) is 0.364. The Labute approximate surface area is 182 Å². The summed E-state index contributed by atoms with van der Waals surface area (Å²) in [5.74, 6) is 0.671. The number of benzene rings is 2. The van der Waals surface area contributed by atoms with Gasteiger partial charge >= 0.3 is 0 Å².